The standard InChI is InChI=1S/C49H82N2O13/c1-16-37-48(10,55)36(22-23-50-27-34-20-18-17-19-21-34)49(11)41(64-49)28(2)25-46(8,56-14)42(63-45-39(53)35(51(12)13)24-29(3)58-45)30(4)40(31(5)44(54)61-37)62-38-26-47(9,57-15)43(32(6)59-38)60-33(7)52/h17-21,28-32,35-43,45,50,53,55H,16,22-27H2,1-15H3/t28-,29-,30-,31-,32+,35+,36-,37-,38?,39-,40+,41?,42-,43+,45+,46-,47-,48+,49?/m1/s1. The van der Waals surface area contributed by atoms with Gasteiger partial charge in [-0.25, -0.2) is 0 Å². The molecule has 0 spiro atoms. The number of hydrogen-bond donors (Lipinski definition) is 3. The summed E-state index contributed by atoms with van der Waals surface area (Å²) in [4.78, 5) is 29.0. The first-order chi connectivity index (χ1) is 30.0. The SMILES string of the molecule is CC[C@H]1OC(=O)[C@H](C)[C@@H](OC2C[C@@](C)(OC)[C@@H](OC(C)=O)[C@H](C)O2)[C@@H](C)[C@@H](O[C@@H]2O[C@H](C)C[C@H](N(C)C)[C@H]2O)[C@](C)(OC)C[C@@H](C)C2OC2(C)[C@H](CCNCc2ccccc2)[C@]1(C)O. The number of likely N-dealkylation sites (N-methyl/N-ethyl adjacent to an activating group) is 1. The lowest BCUT2D eigenvalue weighted by molar-refractivity contribution is -0.320. The van der Waals surface area contributed by atoms with Crippen LogP contribution in [0.25, 0.3) is 0 Å². The lowest BCUT2D eigenvalue weighted by Gasteiger charge is -2.50. The molecule has 1 aromatic rings. The second kappa shape index (κ2) is 21.3. The van der Waals surface area contributed by atoms with Gasteiger partial charge in [0.25, 0.3) is 0 Å². The molecule has 19 atom stereocenters. The number of nitrogens with zero attached hydrogens (tertiary/aromatic N) is 1. The van der Waals surface area contributed by atoms with E-state index < -0.39 is 101 Å². The van der Waals surface area contributed by atoms with E-state index in [1.807, 2.05) is 71.8 Å². The smallest absolute Gasteiger partial charge is 0.311 e. The molecule has 0 aliphatic carbocycles. The maximum atomic E-state index is 14.8. The number of nitrogens with one attached hydrogen (secondary N) is 1. The fraction of sp³-hybridized carbons (Fsp3) is 0.837. The molecule has 0 aromatic heterocycles. The van der Waals surface area contributed by atoms with Gasteiger partial charge in [-0.3, -0.25) is 9.59 Å². The van der Waals surface area contributed by atoms with Crippen molar-refractivity contribution in [1.29, 1.82) is 0 Å². The molecule has 4 saturated heterocycles. The first-order valence-electron chi connectivity index (χ1n) is 23.5. The van der Waals surface area contributed by atoms with Gasteiger partial charge in [-0.2, -0.15) is 0 Å². The molecule has 5 rings (SSSR count). The summed E-state index contributed by atoms with van der Waals surface area (Å²) in [7, 11) is 7.05. The molecule has 366 valence electrons. The number of carbonyl (C=O) groups is 2. The van der Waals surface area contributed by atoms with Gasteiger partial charge in [-0.15, -0.1) is 0 Å². The maximum absolute atomic E-state index is 14.8. The molecule has 0 radical (unpaired) electrons. The van der Waals surface area contributed by atoms with E-state index >= 15 is 0 Å². The fourth-order valence-corrected chi connectivity index (χ4v) is 11.4. The molecule has 3 unspecified atom stereocenters. The van der Waals surface area contributed by atoms with Crippen molar-refractivity contribution in [2.24, 2.45) is 23.7 Å². The zero-order valence-electron chi connectivity index (χ0n) is 41.3. The van der Waals surface area contributed by atoms with E-state index in [0.29, 0.717) is 38.8 Å². The van der Waals surface area contributed by atoms with Crippen molar-refractivity contribution < 1.29 is 62.4 Å². The molecule has 15 nitrogen and oxygen atoms in total. The van der Waals surface area contributed by atoms with E-state index in [-0.39, 0.29) is 30.6 Å². The van der Waals surface area contributed by atoms with Crippen molar-refractivity contribution in [1.82, 2.24) is 10.2 Å². The van der Waals surface area contributed by atoms with Crippen molar-refractivity contribution in [2.75, 3.05) is 34.9 Å². The Morgan fingerprint density at radius 2 is 1.58 bits per heavy atom. The zero-order chi connectivity index (χ0) is 47.5. The van der Waals surface area contributed by atoms with Crippen LogP contribution in [-0.2, 0) is 58.8 Å². The minimum Gasteiger partial charge on any atom is -0.459 e. The van der Waals surface area contributed by atoms with Crippen LogP contribution in [0.5, 0.6) is 0 Å². The Morgan fingerprint density at radius 3 is 2.17 bits per heavy atom. The van der Waals surface area contributed by atoms with Gasteiger partial charge < -0.3 is 63.1 Å². The second-order valence-electron chi connectivity index (χ2n) is 20.4. The van der Waals surface area contributed by atoms with Crippen LogP contribution >= 0.6 is 0 Å². The number of cyclic esters (lactones) is 1. The second-order valence-corrected chi connectivity index (χ2v) is 20.4. The summed E-state index contributed by atoms with van der Waals surface area (Å²) in [5, 5.41) is 28.2. The van der Waals surface area contributed by atoms with Crippen LogP contribution < -0.4 is 5.32 Å². The monoisotopic (exact) mass is 907 g/mol. The normalized spacial score (nSPS) is 44.7. The quantitative estimate of drug-likeness (QED) is 0.123. The number of aliphatic hydroxyl groups is 2. The van der Waals surface area contributed by atoms with Crippen molar-refractivity contribution in [3.8, 4) is 0 Å². The first-order valence-corrected chi connectivity index (χ1v) is 23.5. The summed E-state index contributed by atoms with van der Waals surface area (Å²) >= 11 is 0. The number of ether oxygens (including phenoxy) is 9. The number of esters is 2. The van der Waals surface area contributed by atoms with Crippen LogP contribution in [0.2, 0.25) is 0 Å². The molecule has 1 aromatic carbocycles. The number of hydrogen-bond acceptors (Lipinski definition) is 15. The molecule has 15 heteroatoms. The van der Waals surface area contributed by atoms with Crippen molar-refractivity contribution in [3.63, 3.8) is 0 Å². The summed E-state index contributed by atoms with van der Waals surface area (Å²) < 4.78 is 58.4. The van der Waals surface area contributed by atoms with Crippen LogP contribution in [0, 0.1) is 23.7 Å². The lowest BCUT2D eigenvalue weighted by Crippen LogP contribution is -2.61. The van der Waals surface area contributed by atoms with Crippen molar-refractivity contribution >= 4 is 11.9 Å². The molecule has 4 fully saturated rings. The maximum Gasteiger partial charge on any atom is 0.311 e. The molecular weight excluding hydrogens is 825 g/mol. The lowest BCUT2D eigenvalue weighted by atomic mass is 9.69. The van der Waals surface area contributed by atoms with Gasteiger partial charge in [-0.1, -0.05) is 51.1 Å². The van der Waals surface area contributed by atoms with Gasteiger partial charge in [-0.05, 0) is 106 Å². The van der Waals surface area contributed by atoms with E-state index in [4.69, 9.17) is 42.6 Å². The Kier molecular flexibility index (Phi) is 17.6. The predicted octanol–water partition coefficient (Wildman–Crippen LogP) is 5.40. The van der Waals surface area contributed by atoms with Gasteiger partial charge in [0.15, 0.2) is 18.7 Å². The van der Waals surface area contributed by atoms with Crippen molar-refractivity contribution in [2.45, 2.75) is 205 Å². The van der Waals surface area contributed by atoms with Gasteiger partial charge in [0.1, 0.15) is 23.4 Å². The Morgan fingerprint density at radius 1 is 0.938 bits per heavy atom. The number of aliphatic hydroxyl groups excluding tert-OH is 1. The molecule has 4 heterocycles. The number of epoxide rings is 1. The third-order valence-corrected chi connectivity index (χ3v) is 15.1. The van der Waals surface area contributed by atoms with Gasteiger partial charge in [0.05, 0.1) is 47.6 Å². The highest BCUT2D eigenvalue weighted by atomic mass is 16.7. The average Bonchev–Trinajstić information content (AvgIpc) is 3.93. The average molecular weight is 907 g/mol. The number of benzene rings is 1. The van der Waals surface area contributed by atoms with Crippen molar-refractivity contribution in [3.05, 3.63) is 35.9 Å². The molecule has 64 heavy (non-hydrogen) atoms. The highest BCUT2D eigenvalue weighted by molar-refractivity contribution is 5.73. The van der Waals surface area contributed by atoms with E-state index in [9.17, 15) is 19.8 Å². The fourth-order valence-electron chi connectivity index (χ4n) is 11.4. The zero-order valence-corrected chi connectivity index (χ0v) is 41.3. The summed E-state index contributed by atoms with van der Waals surface area (Å²) in [5.74, 6) is -3.17. The molecule has 0 bridgehead atoms. The molecular formula is C49H82N2O13. The summed E-state index contributed by atoms with van der Waals surface area (Å²) in [5.41, 5.74) is -3.17. The Bertz CT molecular complexity index is 1670. The molecule has 4 aliphatic rings. The highest BCUT2D eigenvalue weighted by Crippen LogP contribution is 2.55. The summed E-state index contributed by atoms with van der Waals surface area (Å²) in [6.07, 6.45) is -5.41. The Labute approximate surface area is 382 Å². The van der Waals surface area contributed by atoms with Crippen LogP contribution in [-0.4, -0.2) is 152 Å². The molecule has 0 saturated carbocycles. The van der Waals surface area contributed by atoms with Crippen LogP contribution in [0.3, 0.4) is 0 Å². The Balaban J connectivity index is 1.58. The number of rotatable bonds is 14. The van der Waals surface area contributed by atoms with Crippen LogP contribution in [0.4, 0.5) is 0 Å². The minimum absolute atomic E-state index is 0.111. The molecule has 0 amide bonds. The van der Waals surface area contributed by atoms with Crippen LogP contribution in [0.1, 0.15) is 114 Å². The first kappa shape index (κ1) is 52.7. The largest absolute Gasteiger partial charge is 0.459 e. The molecule has 4 aliphatic heterocycles. The third kappa shape index (κ3) is 11.5. The van der Waals surface area contributed by atoms with Gasteiger partial charge in [0, 0.05) is 52.0 Å². The number of fused-ring (bicyclic) bond motifs is 1. The topological polar surface area (TPSA) is 176 Å². The number of methoxy groups -OCH3 is 2. The minimum atomic E-state index is -1.49. The van der Waals surface area contributed by atoms with E-state index in [0.717, 1.165) is 5.56 Å². The van der Waals surface area contributed by atoms with Gasteiger partial charge >= 0.3 is 11.9 Å². The summed E-state index contributed by atoms with van der Waals surface area (Å²) in [6, 6.07) is 9.91. The summed E-state index contributed by atoms with van der Waals surface area (Å²) in [6.45, 7) is 21.7. The van der Waals surface area contributed by atoms with E-state index in [1.165, 1.54) is 6.92 Å². The molecule has 3 N–H and O–H groups in total. The number of carbonyl (C=O) groups excluding carboxylic acids is 2. The third-order valence-electron chi connectivity index (χ3n) is 15.1. The van der Waals surface area contributed by atoms with Gasteiger partial charge in [0.2, 0.25) is 0 Å². The van der Waals surface area contributed by atoms with E-state index in [2.05, 4.69) is 31.3 Å². The highest BCUT2D eigenvalue weighted by Gasteiger charge is 2.66. The predicted molar refractivity (Wildman–Crippen MR) is 240 cm³/mol. The van der Waals surface area contributed by atoms with E-state index in [1.54, 1.807) is 35.0 Å². The van der Waals surface area contributed by atoms with Crippen LogP contribution in [0.15, 0.2) is 30.3 Å². The Hall–Kier alpha value is -2.28.